The number of nitrogens with zero attached hydrogens (tertiary/aromatic N) is 1. The third kappa shape index (κ3) is 4.15. The first-order valence-electron chi connectivity index (χ1n) is 8.29. The van der Waals surface area contributed by atoms with Crippen LogP contribution in [-0.2, 0) is 0 Å². The van der Waals surface area contributed by atoms with Crippen LogP contribution in [0.2, 0.25) is 5.02 Å². The molecule has 2 fully saturated rings. The summed E-state index contributed by atoms with van der Waals surface area (Å²) in [6, 6.07) is 1.60. The number of aromatic nitrogens is 1. The maximum Gasteiger partial charge on any atom is 0.270 e. The first-order valence-corrected chi connectivity index (χ1v) is 8.67. The van der Waals surface area contributed by atoms with Crippen LogP contribution >= 0.6 is 11.6 Å². The maximum atomic E-state index is 12.3. The molecule has 1 aromatic heterocycles. The molecule has 6 heteroatoms. The van der Waals surface area contributed by atoms with Crippen LogP contribution < -0.4 is 10.1 Å². The highest BCUT2D eigenvalue weighted by molar-refractivity contribution is 6.32. The SMILES string of the molecule is O=C(NCC1(CO)CCCC1)c1cc(OCC2CC2)c(Cl)cn1. The third-order valence-electron chi connectivity index (χ3n) is 4.85. The lowest BCUT2D eigenvalue weighted by atomic mass is 9.87. The fourth-order valence-corrected chi connectivity index (χ4v) is 3.18. The summed E-state index contributed by atoms with van der Waals surface area (Å²) in [7, 11) is 0. The number of aliphatic hydroxyl groups is 1. The van der Waals surface area contributed by atoms with Gasteiger partial charge in [-0.2, -0.15) is 0 Å². The van der Waals surface area contributed by atoms with Crippen LogP contribution in [0, 0.1) is 11.3 Å². The van der Waals surface area contributed by atoms with Gasteiger partial charge in [0.1, 0.15) is 16.5 Å². The highest BCUT2D eigenvalue weighted by atomic mass is 35.5. The lowest BCUT2D eigenvalue weighted by molar-refractivity contribution is 0.0875. The van der Waals surface area contributed by atoms with E-state index in [1.807, 2.05) is 0 Å². The maximum absolute atomic E-state index is 12.3. The average molecular weight is 339 g/mol. The zero-order valence-corrected chi connectivity index (χ0v) is 13.9. The van der Waals surface area contributed by atoms with Crippen molar-refractivity contribution in [1.29, 1.82) is 0 Å². The van der Waals surface area contributed by atoms with E-state index in [1.165, 1.54) is 19.0 Å². The summed E-state index contributed by atoms with van der Waals surface area (Å²) in [5, 5.41) is 12.9. The number of carbonyl (C=O) groups is 1. The molecule has 2 aliphatic carbocycles. The first-order chi connectivity index (χ1) is 11.1. The topological polar surface area (TPSA) is 71.5 Å². The van der Waals surface area contributed by atoms with Gasteiger partial charge in [0, 0.05) is 18.0 Å². The van der Waals surface area contributed by atoms with Crippen molar-refractivity contribution in [3.05, 3.63) is 23.0 Å². The normalized spacial score (nSPS) is 19.6. The van der Waals surface area contributed by atoms with Gasteiger partial charge in [0.05, 0.1) is 19.4 Å². The first kappa shape index (κ1) is 16.5. The molecule has 0 spiro atoms. The third-order valence-corrected chi connectivity index (χ3v) is 5.13. The second-order valence-corrected chi connectivity index (χ2v) is 7.21. The Labute approximate surface area is 141 Å². The molecule has 2 N–H and O–H groups in total. The van der Waals surface area contributed by atoms with E-state index in [0.29, 0.717) is 35.5 Å². The molecule has 5 nitrogen and oxygen atoms in total. The van der Waals surface area contributed by atoms with Crippen molar-refractivity contribution in [2.24, 2.45) is 11.3 Å². The van der Waals surface area contributed by atoms with E-state index >= 15 is 0 Å². The molecule has 0 saturated heterocycles. The van der Waals surface area contributed by atoms with Crippen molar-refractivity contribution in [1.82, 2.24) is 10.3 Å². The molecule has 2 aliphatic rings. The second-order valence-electron chi connectivity index (χ2n) is 6.80. The number of amides is 1. The van der Waals surface area contributed by atoms with Crippen molar-refractivity contribution in [2.75, 3.05) is 19.8 Å². The number of hydrogen-bond donors (Lipinski definition) is 2. The van der Waals surface area contributed by atoms with E-state index in [-0.39, 0.29) is 17.9 Å². The van der Waals surface area contributed by atoms with Gasteiger partial charge in [-0.3, -0.25) is 4.79 Å². The smallest absolute Gasteiger partial charge is 0.270 e. The minimum atomic E-state index is -0.252. The van der Waals surface area contributed by atoms with Crippen molar-refractivity contribution < 1.29 is 14.6 Å². The fraction of sp³-hybridized carbons (Fsp3) is 0.647. The number of rotatable bonds is 7. The molecule has 0 bridgehead atoms. The van der Waals surface area contributed by atoms with E-state index in [4.69, 9.17) is 16.3 Å². The molecule has 0 radical (unpaired) electrons. The van der Waals surface area contributed by atoms with Crippen LogP contribution in [0.3, 0.4) is 0 Å². The average Bonchev–Trinajstić information content (AvgIpc) is 3.28. The van der Waals surface area contributed by atoms with Gasteiger partial charge in [-0.1, -0.05) is 24.4 Å². The Kier molecular flexibility index (Phi) is 5.07. The van der Waals surface area contributed by atoms with Crippen LogP contribution in [0.4, 0.5) is 0 Å². The molecule has 126 valence electrons. The van der Waals surface area contributed by atoms with E-state index in [9.17, 15) is 9.90 Å². The number of hydrogen-bond acceptors (Lipinski definition) is 4. The largest absolute Gasteiger partial charge is 0.492 e. The summed E-state index contributed by atoms with van der Waals surface area (Å²) in [5.41, 5.74) is 0.124. The minimum absolute atomic E-state index is 0.108. The molecule has 1 amide bonds. The van der Waals surface area contributed by atoms with Crippen molar-refractivity contribution in [2.45, 2.75) is 38.5 Å². The van der Waals surface area contributed by atoms with Gasteiger partial charge >= 0.3 is 0 Å². The predicted octanol–water partition coefficient (Wildman–Crippen LogP) is 2.81. The fourth-order valence-electron chi connectivity index (χ4n) is 3.02. The van der Waals surface area contributed by atoms with Crippen molar-refractivity contribution in [3.8, 4) is 5.75 Å². The van der Waals surface area contributed by atoms with E-state index in [1.54, 1.807) is 6.07 Å². The Bertz CT molecular complexity index is 569. The van der Waals surface area contributed by atoms with Crippen molar-refractivity contribution in [3.63, 3.8) is 0 Å². The molecular weight excluding hydrogens is 316 g/mol. The standard InChI is InChI=1S/C17H23ClN2O3/c18-13-8-19-14(7-15(13)23-9-12-3-4-12)16(22)20-10-17(11-21)5-1-2-6-17/h7-8,12,21H,1-6,9-11H2,(H,20,22). The quantitative estimate of drug-likeness (QED) is 0.802. The molecule has 3 rings (SSSR count). The van der Waals surface area contributed by atoms with E-state index in [2.05, 4.69) is 10.3 Å². The summed E-state index contributed by atoms with van der Waals surface area (Å²) in [4.78, 5) is 16.4. The molecule has 1 heterocycles. The molecule has 0 atom stereocenters. The molecular formula is C17H23ClN2O3. The van der Waals surface area contributed by atoms with Gasteiger partial charge in [-0.25, -0.2) is 4.98 Å². The van der Waals surface area contributed by atoms with Crippen LogP contribution in [0.1, 0.15) is 49.0 Å². The summed E-state index contributed by atoms with van der Waals surface area (Å²) >= 11 is 6.08. The molecule has 0 unspecified atom stereocenters. The summed E-state index contributed by atoms with van der Waals surface area (Å²) in [6.45, 7) is 1.22. The monoisotopic (exact) mass is 338 g/mol. The number of halogens is 1. The van der Waals surface area contributed by atoms with Gasteiger partial charge in [0.25, 0.3) is 5.91 Å². The van der Waals surface area contributed by atoms with Crippen LogP contribution in [0.25, 0.3) is 0 Å². The number of aliphatic hydroxyl groups excluding tert-OH is 1. The zero-order chi connectivity index (χ0) is 16.3. The van der Waals surface area contributed by atoms with Gasteiger partial charge in [0.15, 0.2) is 0 Å². The Balaban J connectivity index is 1.60. The second kappa shape index (κ2) is 7.05. The molecule has 23 heavy (non-hydrogen) atoms. The lowest BCUT2D eigenvalue weighted by Gasteiger charge is -2.26. The van der Waals surface area contributed by atoms with Crippen LogP contribution in [0.5, 0.6) is 5.75 Å². The number of carbonyl (C=O) groups excluding carboxylic acids is 1. The number of ether oxygens (including phenoxy) is 1. The van der Waals surface area contributed by atoms with Crippen LogP contribution in [-0.4, -0.2) is 35.8 Å². The molecule has 0 aliphatic heterocycles. The van der Waals surface area contributed by atoms with Gasteiger partial charge in [0.2, 0.25) is 0 Å². The van der Waals surface area contributed by atoms with Crippen LogP contribution in [0.15, 0.2) is 12.3 Å². The number of pyridine rings is 1. The van der Waals surface area contributed by atoms with E-state index in [0.717, 1.165) is 25.7 Å². The Morgan fingerprint density at radius 1 is 1.43 bits per heavy atom. The van der Waals surface area contributed by atoms with E-state index < -0.39 is 0 Å². The minimum Gasteiger partial charge on any atom is -0.492 e. The van der Waals surface area contributed by atoms with Crippen molar-refractivity contribution >= 4 is 17.5 Å². The predicted molar refractivity (Wildman–Crippen MR) is 87.8 cm³/mol. The molecule has 2 saturated carbocycles. The number of nitrogens with one attached hydrogen (secondary N) is 1. The molecule has 0 aromatic carbocycles. The summed E-state index contributed by atoms with van der Waals surface area (Å²) < 4.78 is 5.68. The van der Waals surface area contributed by atoms with Gasteiger partial charge in [-0.05, 0) is 31.6 Å². The van der Waals surface area contributed by atoms with Gasteiger partial charge < -0.3 is 15.2 Å². The Morgan fingerprint density at radius 2 is 2.17 bits per heavy atom. The summed E-state index contributed by atoms with van der Waals surface area (Å²) in [5.74, 6) is 0.873. The molecule has 1 aromatic rings. The highest BCUT2D eigenvalue weighted by Gasteiger charge is 2.33. The Hall–Kier alpha value is -1.33. The lowest BCUT2D eigenvalue weighted by Crippen LogP contribution is -2.38. The highest BCUT2D eigenvalue weighted by Crippen LogP contribution is 2.37. The summed E-state index contributed by atoms with van der Waals surface area (Å²) in [6.07, 6.45) is 7.96. The van der Waals surface area contributed by atoms with Gasteiger partial charge in [-0.15, -0.1) is 0 Å². The zero-order valence-electron chi connectivity index (χ0n) is 13.2. The Morgan fingerprint density at radius 3 is 2.83 bits per heavy atom.